The molecule has 0 unspecified atom stereocenters. The van der Waals surface area contributed by atoms with Crippen LogP contribution in [0.25, 0.3) is 10.1 Å². The van der Waals surface area contributed by atoms with E-state index in [1.54, 1.807) is 12.1 Å². The fourth-order valence-electron chi connectivity index (χ4n) is 2.69. The predicted octanol–water partition coefficient (Wildman–Crippen LogP) is 3.58. The van der Waals surface area contributed by atoms with Crippen LogP contribution in [0, 0.1) is 5.82 Å². The topological polar surface area (TPSA) is 50.4 Å². The lowest BCUT2D eigenvalue weighted by molar-refractivity contribution is 0.442. The molecule has 1 saturated carbocycles. The highest BCUT2D eigenvalue weighted by Gasteiger charge is 2.15. The lowest BCUT2D eigenvalue weighted by atomic mass is 9.96. The summed E-state index contributed by atoms with van der Waals surface area (Å²) in [6, 6.07) is 7.20. The third kappa shape index (κ3) is 2.83. The molecule has 1 aliphatic carbocycles. The van der Waals surface area contributed by atoms with Crippen LogP contribution in [-0.2, 0) is 0 Å². The first kappa shape index (κ1) is 13.5. The van der Waals surface area contributed by atoms with E-state index >= 15 is 0 Å². The molecule has 20 heavy (non-hydrogen) atoms. The quantitative estimate of drug-likeness (QED) is 0.384. The summed E-state index contributed by atoms with van der Waals surface area (Å²) < 4.78 is 14.2. The molecular weight excluding hydrogens is 273 g/mol. The Morgan fingerprint density at radius 3 is 2.80 bits per heavy atom. The summed E-state index contributed by atoms with van der Waals surface area (Å²) in [7, 11) is 0. The molecule has 1 aliphatic rings. The molecule has 3 rings (SSSR count). The number of benzene rings is 1. The smallest absolute Gasteiger partial charge is 0.153 e. The summed E-state index contributed by atoms with van der Waals surface area (Å²) in [5, 5.41) is 1.03. The third-order valence-electron chi connectivity index (χ3n) is 3.74. The summed E-state index contributed by atoms with van der Waals surface area (Å²) >= 11 is 1.52. The zero-order valence-electron chi connectivity index (χ0n) is 11.2. The number of hydrazine groups is 1. The molecule has 0 atom stereocenters. The highest BCUT2D eigenvalue weighted by atomic mass is 32.1. The van der Waals surface area contributed by atoms with Crippen LogP contribution in [-0.4, -0.2) is 11.9 Å². The van der Waals surface area contributed by atoms with Gasteiger partial charge in [0.1, 0.15) is 5.82 Å². The lowest BCUT2D eigenvalue weighted by Crippen LogP contribution is -2.32. The average molecular weight is 291 g/mol. The molecule has 106 valence electrons. The van der Waals surface area contributed by atoms with Gasteiger partial charge in [0.15, 0.2) is 5.84 Å². The molecule has 3 N–H and O–H groups in total. The van der Waals surface area contributed by atoms with Crippen molar-refractivity contribution in [3.05, 3.63) is 35.0 Å². The molecule has 1 aromatic heterocycles. The highest BCUT2D eigenvalue weighted by Crippen LogP contribution is 2.27. The number of nitrogens with two attached hydrogens (primary N) is 1. The molecule has 5 heteroatoms. The van der Waals surface area contributed by atoms with Gasteiger partial charge in [0.05, 0.1) is 10.9 Å². The van der Waals surface area contributed by atoms with Gasteiger partial charge in [-0.15, -0.1) is 11.3 Å². The maximum absolute atomic E-state index is 13.2. The van der Waals surface area contributed by atoms with E-state index in [-0.39, 0.29) is 5.82 Å². The number of hydrogen-bond donors (Lipinski definition) is 2. The van der Waals surface area contributed by atoms with Crippen molar-refractivity contribution >= 4 is 27.3 Å². The van der Waals surface area contributed by atoms with Gasteiger partial charge in [-0.2, -0.15) is 0 Å². The number of nitrogens with zero attached hydrogens (tertiary/aromatic N) is 1. The van der Waals surface area contributed by atoms with Crippen LogP contribution in [0.2, 0.25) is 0 Å². The van der Waals surface area contributed by atoms with Crippen molar-refractivity contribution in [1.29, 1.82) is 0 Å². The van der Waals surface area contributed by atoms with Gasteiger partial charge in [0, 0.05) is 4.70 Å². The van der Waals surface area contributed by atoms with E-state index in [4.69, 9.17) is 10.8 Å². The molecule has 0 amide bonds. The zero-order valence-corrected chi connectivity index (χ0v) is 12.0. The van der Waals surface area contributed by atoms with Gasteiger partial charge in [-0.25, -0.2) is 10.2 Å². The summed E-state index contributed by atoms with van der Waals surface area (Å²) in [6.45, 7) is 0. The Bertz CT molecular complexity index is 629. The van der Waals surface area contributed by atoms with Crippen molar-refractivity contribution in [3.63, 3.8) is 0 Å². The van der Waals surface area contributed by atoms with E-state index in [1.807, 2.05) is 6.07 Å². The van der Waals surface area contributed by atoms with Crippen LogP contribution >= 0.6 is 11.3 Å². The summed E-state index contributed by atoms with van der Waals surface area (Å²) in [5.74, 6) is 6.14. The molecule has 0 bridgehead atoms. The second-order valence-corrected chi connectivity index (χ2v) is 6.29. The fraction of sp³-hybridized carbons (Fsp3) is 0.400. The van der Waals surface area contributed by atoms with Crippen molar-refractivity contribution in [2.75, 3.05) is 0 Å². The minimum absolute atomic E-state index is 0.211. The van der Waals surface area contributed by atoms with E-state index < -0.39 is 0 Å². The molecule has 0 saturated heterocycles. The van der Waals surface area contributed by atoms with Crippen molar-refractivity contribution in [2.24, 2.45) is 10.8 Å². The van der Waals surface area contributed by atoms with Crippen LogP contribution in [0.15, 0.2) is 29.3 Å². The van der Waals surface area contributed by atoms with Crippen molar-refractivity contribution in [3.8, 4) is 0 Å². The Labute approximate surface area is 121 Å². The van der Waals surface area contributed by atoms with Gasteiger partial charge >= 0.3 is 0 Å². The first-order chi connectivity index (χ1) is 9.76. The first-order valence-electron chi connectivity index (χ1n) is 7.00. The molecule has 3 nitrogen and oxygen atoms in total. The van der Waals surface area contributed by atoms with Crippen LogP contribution in [0.5, 0.6) is 0 Å². The molecule has 0 radical (unpaired) electrons. The Kier molecular flexibility index (Phi) is 3.98. The normalized spacial score (nSPS) is 17.6. The number of rotatable bonds is 2. The monoisotopic (exact) mass is 291 g/mol. The molecule has 1 heterocycles. The number of amidine groups is 1. The van der Waals surface area contributed by atoms with Crippen LogP contribution < -0.4 is 11.3 Å². The molecule has 0 spiro atoms. The van der Waals surface area contributed by atoms with Gasteiger partial charge in [0.25, 0.3) is 0 Å². The highest BCUT2D eigenvalue weighted by molar-refractivity contribution is 7.20. The van der Waals surface area contributed by atoms with Gasteiger partial charge in [-0.3, -0.25) is 4.99 Å². The second kappa shape index (κ2) is 5.89. The SMILES string of the molecule is NNC(=NC1CCCCC1)c1cc2ccc(F)cc2s1. The Morgan fingerprint density at radius 2 is 2.05 bits per heavy atom. The number of nitrogens with one attached hydrogen (secondary N) is 1. The minimum Gasteiger partial charge on any atom is -0.308 e. The summed E-state index contributed by atoms with van der Waals surface area (Å²) in [6.07, 6.45) is 6.04. The molecule has 2 aromatic rings. The lowest BCUT2D eigenvalue weighted by Gasteiger charge is -2.18. The zero-order chi connectivity index (χ0) is 13.9. The largest absolute Gasteiger partial charge is 0.308 e. The molecule has 1 aromatic carbocycles. The van der Waals surface area contributed by atoms with Gasteiger partial charge in [-0.05, 0) is 36.4 Å². The number of hydrogen-bond acceptors (Lipinski definition) is 3. The number of fused-ring (bicyclic) bond motifs is 1. The second-order valence-electron chi connectivity index (χ2n) is 5.21. The van der Waals surface area contributed by atoms with Gasteiger partial charge in [-0.1, -0.05) is 25.3 Å². The van der Waals surface area contributed by atoms with E-state index in [0.717, 1.165) is 33.6 Å². The first-order valence-corrected chi connectivity index (χ1v) is 7.82. The number of aliphatic imine (C=N–C) groups is 1. The molecule has 0 aliphatic heterocycles. The van der Waals surface area contributed by atoms with Gasteiger partial charge < -0.3 is 5.43 Å². The summed E-state index contributed by atoms with van der Waals surface area (Å²) in [4.78, 5) is 5.71. The van der Waals surface area contributed by atoms with Crippen LogP contribution in [0.1, 0.15) is 37.0 Å². The van der Waals surface area contributed by atoms with Crippen molar-refractivity contribution in [1.82, 2.24) is 5.43 Å². The average Bonchev–Trinajstić information content (AvgIpc) is 2.88. The Balaban J connectivity index is 1.91. The van der Waals surface area contributed by atoms with Gasteiger partial charge in [0.2, 0.25) is 0 Å². The Hall–Kier alpha value is -1.46. The summed E-state index contributed by atoms with van der Waals surface area (Å²) in [5.41, 5.74) is 2.71. The van der Waals surface area contributed by atoms with E-state index in [2.05, 4.69) is 5.43 Å². The van der Waals surface area contributed by atoms with Crippen molar-refractivity contribution < 1.29 is 4.39 Å². The third-order valence-corrected chi connectivity index (χ3v) is 4.84. The number of halogens is 1. The maximum atomic E-state index is 13.2. The fourth-order valence-corrected chi connectivity index (χ4v) is 3.73. The molecular formula is C15H18FN3S. The standard InChI is InChI=1S/C15H18FN3S/c16-11-7-6-10-8-14(20-13(10)9-11)15(19-17)18-12-4-2-1-3-5-12/h6-9,12H,1-5,17H2,(H,18,19). The van der Waals surface area contributed by atoms with Crippen LogP contribution in [0.4, 0.5) is 4.39 Å². The Morgan fingerprint density at radius 1 is 1.25 bits per heavy atom. The van der Waals surface area contributed by atoms with E-state index in [9.17, 15) is 4.39 Å². The minimum atomic E-state index is -0.211. The van der Waals surface area contributed by atoms with E-state index in [0.29, 0.717) is 6.04 Å². The maximum Gasteiger partial charge on any atom is 0.153 e. The number of thiophene rings is 1. The molecule has 1 fully saturated rings. The van der Waals surface area contributed by atoms with E-state index in [1.165, 1.54) is 36.7 Å². The van der Waals surface area contributed by atoms with Crippen molar-refractivity contribution in [2.45, 2.75) is 38.1 Å². The van der Waals surface area contributed by atoms with Crippen LogP contribution in [0.3, 0.4) is 0 Å². The predicted molar refractivity (Wildman–Crippen MR) is 82.5 cm³/mol.